The summed E-state index contributed by atoms with van der Waals surface area (Å²) in [6, 6.07) is 1.59. The molecule has 2 rings (SSSR count). The predicted octanol–water partition coefficient (Wildman–Crippen LogP) is 2.70. The predicted molar refractivity (Wildman–Crippen MR) is 63.9 cm³/mol. The zero-order valence-corrected chi connectivity index (χ0v) is 10.6. The second-order valence-corrected chi connectivity index (χ2v) is 5.00. The van der Waals surface area contributed by atoms with Gasteiger partial charge in [0.1, 0.15) is 0 Å². The Bertz CT molecular complexity index is 595. The summed E-state index contributed by atoms with van der Waals surface area (Å²) in [5.74, 6) is 0.500. The van der Waals surface area contributed by atoms with Crippen LogP contribution in [0.25, 0.3) is 0 Å². The van der Waals surface area contributed by atoms with Gasteiger partial charge in [0.25, 0.3) is 0 Å². The van der Waals surface area contributed by atoms with Gasteiger partial charge in [-0.3, -0.25) is 9.59 Å². The summed E-state index contributed by atoms with van der Waals surface area (Å²) in [6.45, 7) is 5.23. The Morgan fingerprint density at radius 2 is 2.12 bits per heavy atom. The Hall–Kier alpha value is -1.75. The lowest BCUT2D eigenvalue weighted by Gasteiger charge is -1.95. The molecule has 4 nitrogen and oxygen atoms in total. The number of aldehydes is 1. The molecule has 0 saturated heterocycles. The third-order valence-electron chi connectivity index (χ3n) is 2.41. The molecule has 2 aromatic heterocycles. The fraction of sp³-hybridized carbons (Fsp3) is 0.250. The molecule has 0 atom stereocenters. The van der Waals surface area contributed by atoms with Gasteiger partial charge in [-0.1, -0.05) is 0 Å². The van der Waals surface area contributed by atoms with E-state index in [9.17, 15) is 9.59 Å². The molecule has 0 radical (unpaired) electrons. The van der Waals surface area contributed by atoms with Gasteiger partial charge < -0.3 is 4.42 Å². The summed E-state index contributed by atoms with van der Waals surface area (Å²) in [4.78, 5) is 28.3. The van der Waals surface area contributed by atoms with E-state index in [0.29, 0.717) is 22.0 Å². The van der Waals surface area contributed by atoms with Crippen LogP contribution in [0, 0.1) is 20.8 Å². The van der Waals surface area contributed by atoms with E-state index in [1.165, 1.54) is 11.3 Å². The summed E-state index contributed by atoms with van der Waals surface area (Å²) < 4.78 is 5.28. The van der Waals surface area contributed by atoms with Crippen LogP contribution in [0.2, 0.25) is 0 Å². The van der Waals surface area contributed by atoms with Gasteiger partial charge in [-0.2, -0.15) is 0 Å². The third-order valence-corrected chi connectivity index (χ3v) is 3.38. The Kier molecular flexibility index (Phi) is 2.93. The second-order valence-electron chi connectivity index (χ2n) is 3.71. The van der Waals surface area contributed by atoms with Crippen molar-refractivity contribution in [3.8, 4) is 0 Å². The van der Waals surface area contributed by atoms with Crippen molar-refractivity contribution in [2.45, 2.75) is 20.8 Å². The zero-order chi connectivity index (χ0) is 12.6. The van der Waals surface area contributed by atoms with Crippen molar-refractivity contribution in [3.63, 3.8) is 0 Å². The molecule has 0 aromatic carbocycles. The zero-order valence-electron chi connectivity index (χ0n) is 9.73. The average molecular weight is 249 g/mol. The van der Waals surface area contributed by atoms with Crippen LogP contribution >= 0.6 is 11.3 Å². The highest BCUT2D eigenvalue weighted by molar-refractivity contribution is 7.14. The molecule has 88 valence electrons. The first-order valence-corrected chi connectivity index (χ1v) is 5.89. The van der Waals surface area contributed by atoms with E-state index < -0.39 is 0 Å². The number of oxazole rings is 1. The van der Waals surface area contributed by atoms with Crippen molar-refractivity contribution >= 4 is 23.4 Å². The first kappa shape index (κ1) is 11.7. The summed E-state index contributed by atoms with van der Waals surface area (Å²) in [5, 5.41) is 0. The molecule has 0 saturated carbocycles. The van der Waals surface area contributed by atoms with Gasteiger partial charge >= 0.3 is 0 Å². The van der Waals surface area contributed by atoms with Crippen LogP contribution in [0.5, 0.6) is 0 Å². The first-order chi connectivity index (χ1) is 8.02. The Labute approximate surface area is 102 Å². The van der Waals surface area contributed by atoms with Crippen molar-refractivity contribution in [1.29, 1.82) is 0 Å². The van der Waals surface area contributed by atoms with Crippen LogP contribution in [0.1, 0.15) is 42.3 Å². The van der Waals surface area contributed by atoms with Crippen molar-refractivity contribution in [3.05, 3.63) is 38.7 Å². The summed E-state index contributed by atoms with van der Waals surface area (Å²) >= 11 is 1.30. The summed E-state index contributed by atoms with van der Waals surface area (Å²) in [6.07, 6.45) is 0.743. The maximum atomic E-state index is 12.2. The van der Waals surface area contributed by atoms with Crippen molar-refractivity contribution in [2.24, 2.45) is 0 Å². The molecule has 2 aromatic rings. The van der Waals surface area contributed by atoms with Crippen LogP contribution in [-0.4, -0.2) is 17.1 Å². The maximum Gasteiger partial charge on any atom is 0.231 e. The van der Waals surface area contributed by atoms with Crippen molar-refractivity contribution < 1.29 is 14.0 Å². The molecule has 0 aliphatic heterocycles. The average Bonchev–Trinajstić information content (AvgIpc) is 2.81. The molecule has 0 N–H and O–H groups in total. The minimum absolute atomic E-state index is 0.218. The van der Waals surface area contributed by atoms with E-state index >= 15 is 0 Å². The monoisotopic (exact) mass is 249 g/mol. The molecule has 0 amide bonds. The lowest BCUT2D eigenvalue weighted by atomic mass is 10.1. The van der Waals surface area contributed by atoms with Gasteiger partial charge in [0, 0.05) is 17.4 Å². The number of carbonyl (C=O) groups excluding carboxylic acids is 2. The minimum Gasteiger partial charge on any atom is -0.437 e. The molecule has 0 aliphatic rings. The fourth-order valence-corrected chi connectivity index (χ4v) is 2.49. The van der Waals surface area contributed by atoms with E-state index in [0.717, 1.165) is 11.2 Å². The molecule has 17 heavy (non-hydrogen) atoms. The molecular formula is C12H11NO3S. The second kappa shape index (κ2) is 4.25. The number of hydrogen-bond donors (Lipinski definition) is 0. The molecule has 0 aliphatic carbocycles. The first-order valence-electron chi connectivity index (χ1n) is 5.07. The van der Waals surface area contributed by atoms with Crippen LogP contribution < -0.4 is 0 Å². The van der Waals surface area contributed by atoms with Crippen molar-refractivity contribution in [2.75, 3.05) is 0 Å². The van der Waals surface area contributed by atoms with Gasteiger partial charge in [-0.15, -0.1) is 11.3 Å². The highest BCUT2D eigenvalue weighted by atomic mass is 32.1. The largest absolute Gasteiger partial charge is 0.437 e. The normalized spacial score (nSPS) is 10.5. The van der Waals surface area contributed by atoms with Gasteiger partial charge in [0.05, 0.1) is 10.6 Å². The van der Waals surface area contributed by atoms with Crippen LogP contribution in [0.4, 0.5) is 0 Å². The maximum absolute atomic E-state index is 12.2. The Morgan fingerprint density at radius 1 is 1.41 bits per heavy atom. The van der Waals surface area contributed by atoms with Gasteiger partial charge in [-0.05, 0) is 19.9 Å². The quantitative estimate of drug-likeness (QED) is 0.620. The van der Waals surface area contributed by atoms with E-state index in [4.69, 9.17) is 4.42 Å². The topological polar surface area (TPSA) is 60.2 Å². The Morgan fingerprint density at radius 3 is 2.59 bits per heavy atom. The number of thiophene rings is 1. The SMILES string of the molecule is Cc1nc(C)c(C(=O)c2cc(C=O)sc2C)o1. The number of hydrogen-bond acceptors (Lipinski definition) is 5. The molecule has 0 bridgehead atoms. The minimum atomic E-state index is -0.218. The van der Waals surface area contributed by atoms with E-state index in [1.807, 2.05) is 6.92 Å². The van der Waals surface area contributed by atoms with Crippen molar-refractivity contribution in [1.82, 2.24) is 4.98 Å². The Balaban J connectivity index is 2.46. The van der Waals surface area contributed by atoms with Crippen LogP contribution in [-0.2, 0) is 0 Å². The molecular weight excluding hydrogens is 238 g/mol. The smallest absolute Gasteiger partial charge is 0.231 e. The van der Waals surface area contributed by atoms with Gasteiger partial charge in [-0.25, -0.2) is 4.98 Å². The van der Waals surface area contributed by atoms with Gasteiger partial charge in [0.15, 0.2) is 17.9 Å². The van der Waals surface area contributed by atoms with Gasteiger partial charge in [0.2, 0.25) is 5.78 Å². The number of rotatable bonds is 3. The molecule has 0 fully saturated rings. The summed E-state index contributed by atoms with van der Waals surface area (Å²) in [7, 11) is 0. The number of ketones is 1. The number of nitrogens with zero attached hydrogens (tertiary/aromatic N) is 1. The lowest BCUT2D eigenvalue weighted by Crippen LogP contribution is -2.01. The molecule has 2 heterocycles. The number of carbonyl (C=O) groups is 2. The molecule has 0 unspecified atom stereocenters. The molecule has 0 spiro atoms. The van der Waals surface area contributed by atoms with Crippen LogP contribution in [0.3, 0.4) is 0 Å². The number of aromatic nitrogens is 1. The highest BCUT2D eigenvalue weighted by Gasteiger charge is 2.21. The standard InChI is InChI=1S/C12H11NO3S/c1-6-12(16-8(3)13-6)11(15)10-4-9(5-14)17-7(10)2/h4-5H,1-3H3. The summed E-state index contributed by atoms with van der Waals surface area (Å²) in [5.41, 5.74) is 1.09. The van der Waals surface area contributed by atoms with E-state index in [1.54, 1.807) is 19.9 Å². The van der Waals surface area contributed by atoms with E-state index in [2.05, 4.69) is 4.98 Å². The van der Waals surface area contributed by atoms with Crippen LogP contribution in [0.15, 0.2) is 10.5 Å². The number of aryl methyl sites for hydroxylation is 3. The highest BCUT2D eigenvalue weighted by Crippen LogP contribution is 2.24. The molecule has 5 heteroatoms. The lowest BCUT2D eigenvalue weighted by molar-refractivity contribution is 0.101. The third kappa shape index (κ3) is 2.06. The fourth-order valence-electron chi connectivity index (χ4n) is 1.65. The van der Waals surface area contributed by atoms with E-state index in [-0.39, 0.29) is 11.5 Å².